The number of rotatable bonds is 3. The van der Waals surface area contributed by atoms with Crippen LogP contribution in [0.3, 0.4) is 0 Å². The van der Waals surface area contributed by atoms with Crippen molar-refractivity contribution in [1.29, 1.82) is 0 Å². The third-order valence-corrected chi connectivity index (χ3v) is 8.29. The van der Waals surface area contributed by atoms with Gasteiger partial charge in [0.2, 0.25) is 0 Å². The van der Waals surface area contributed by atoms with E-state index in [2.05, 4.69) is 45.6 Å². The van der Waals surface area contributed by atoms with Crippen LogP contribution >= 0.6 is 11.3 Å². The van der Waals surface area contributed by atoms with Gasteiger partial charge in [-0.3, -0.25) is 0 Å². The van der Waals surface area contributed by atoms with Crippen molar-refractivity contribution in [3.8, 4) is 0 Å². The van der Waals surface area contributed by atoms with E-state index in [4.69, 9.17) is 0 Å². The summed E-state index contributed by atoms with van der Waals surface area (Å²) in [6.45, 7) is 0. The Morgan fingerprint density at radius 2 is 1.62 bits per heavy atom. The number of hydrogen-bond acceptors (Lipinski definition) is 4. The van der Waals surface area contributed by atoms with Crippen LogP contribution in [0.4, 0.5) is 11.5 Å². The average Bonchev–Trinajstić information content (AvgIpc) is 3.08. The Morgan fingerprint density at radius 1 is 0.923 bits per heavy atom. The van der Waals surface area contributed by atoms with E-state index in [1.165, 1.54) is 43.2 Å². The zero-order valence-corrected chi connectivity index (χ0v) is 15.6. The first-order chi connectivity index (χ1) is 12.8. The van der Waals surface area contributed by atoms with Gasteiger partial charge in [-0.25, -0.2) is 9.97 Å². The van der Waals surface area contributed by atoms with Crippen molar-refractivity contribution < 1.29 is 0 Å². The van der Waals surface area contributed by atoms with Gasteiger partial charge in [-0.05, 0) is 74.5 Å². The van der Waals surface area contributed by atoms with E-state index in [1.807, 2.05) is 17.4 Å². The molecule has 4 aliphatic carbocycles. The second kappa shape index (κ2) is 5.53. The number of aromatic nitrogens is 2. The quantitative estimate of drug-likeness (QED) is 0.631. The van der Waals surface area contributed by atoms with Crippen LogP contribution in [0.2, 0.25) is 0 Å². The Bertz CT molecular complexity index is 927. The molecule has 4 fully saturated rings. The summed E-state index contributed by atoms with van der Waals surface area (Å²) in [5.41, 5.74) is 2.62. The molecule has 0 unspecified atom stereocenters. The van der Waals surface area contributed by atoms with Gasteiger partial charge in [-0.2, -0.15) is 0 Å². The number of nitrogens with one attached hydrogen (secondary N) is 1. The lowest BCUT2D eigenvalue weighted by Gasteiger charge is -2.56. The van der Waals surface area contributed by atoms with Crippen molar-refractivity contribution in [2.24, 2.45) is 17.8 Å². The molecule has 0 spiro atoms. The highest BCUT2D eigenvalue weighted by Gasteiger charge is 2.52. The monoisotopic (exact) mass is 361 g/mol. The van der Waals surface area contributed by atoms with Crippen LogP contribution in [0.1, 0.15) is 43.4 Å². The van der Waals surface area contributed by atoms with E-state index in [1.54, 1.807) is 11.2 Å². The maximum atomic E-state index is 4.59. The van der Waals surface area contributed by atoms with Crippen LogP contribution in [0.25, 0.3) is 10.2 Å². The Kier molecular flexibility index (Phi) is 3.22. The highest BCUT2D eigenvalue weighted by molar-refractivity contribution is 7.19. The summed E-state index contributed by atoms with van der Waals surface area (Å²) >= 11 is 1.94. The van der Waals surface area contributed by atoms with Gasteiger partial charge in [0.25, 0.3) is 0 Å². The molecule has 2 aromatic heterocycles. The summed E-state index contributed by atoms with van der Waals surface area (Å²) < 4.78 is 1.21. The maximum Gasteiger partial charge on any atom is 0.151 e. The Hall–Kier alpha value is -1.94. The topological polar surface area (TPSA) is 37.8 Å². The fourth-order valence-corrected chi connectivity index (χ4v) is 7.55. The molecule has 0 amide bonds. The maximum absolute atomic E-state index is 4.59. The summed E-state index contributed by atoms with van der Waals surface area (Å²) in [5.74, 6) is 3.86. The van der Waals surface area contributed by atoms with Gasteiger partial charge in [0, 0.05) is 16.0 Å². The zero-order chi connectivity index (χ0) is 17.1. The van der Waals surface area contributed by atoms with Gasteiger partial charge in [0.05, 0.1) is 10.2 Å². The summed E-state index contributed by atoms with van der Waals surface area (Å²) in [6, 6.07) is 12.7. The molecule has 0 aliphatic heterocycles. The highest BCUT2D eigenvalue weighted by Crippen LogP contribution is 2.62. The van der Waals surface area contributed by atoms with E-state index in [-0.39, 0.29) is 0 Å². The molecule has 0 saturated heterocycles. The minimum absolute atomic E-state index is 0.435. The molecule has 132 valence electrons. The Morgan fingerprint density at radius 3 is 2.31 bits per heavy atom. The molecule has 3 nitrogen and oxygen atoms in total. The molecular weight excluding hydrogens is 338 g/mol. The van der Waals surface area contributed by atoms with E-state index in [0.717, 1.165) is 34.8 Å². The molecule has 2 heterocycles. The first kappa shape index (κ1) is 15.2. The summed E-state index contributed by atoms with van der Waals surface area (Å²) in [5, 5.41) is 3.49. The molecule has 0 radical (unpaired) electrons. The third kappa shape index (κ3) is 2.31. The van der Waals surface area contributed by atoms with E-state index in [0.29, 0.717) is 5.41 Å². The average molecular weight is 362 g/mol. The minimum atomic E-state index is 0.435. The van der Waals surface area contributed by atoms with Crippen molar-refractivity contribution >= 4 is 33.1 Å². The van der Waals surface area contributed by atoms with Crippen molar-refractivity contribution in [3.05, 3.63) is 47.6 Å². The van der Waals surface area contributed by atoms with Crippen molar-refractivity contribution in [2.45, 2.75) is 43.9 Å². The minimum Gasteiger partial charge on any atom is -0.339 e. The molecule has 3 aromatic rings. The number of thiophene rings is 1. The number of benzene rings is 1. The normalized spacial score (nSPS) is 32.2. The fourth-order valence-electron chi connectivity index (χ4n) is 6.28. The van der Waals surface area contributed by atoms with Gasteiger partial charge in [-0.1, -0.05) is 18.2 Å². The predicted octanol–water partition coefficient (Wildman–Crippen LogP) is 5.90. The van der Waals surface area contributed by atoms with Crippen LogP contribution in [-0.2, 0) is 5.41 Å². The molecule has 4 heteroatoms. The molecule has 0 atom stereocenters. The summed E-state index contributed by atoms with van der Waals surface area (Å²) in [6.07, 6.45) is 10.4. The molecular formula is C22H23N3S. The summed E-state index contributed by atoms with van der Waals surface area (Å²) in [7, 11) is 0. The highest BCUT2D eigenvalue weighted by atomic mass is 32.1. The van der Waals surface area contributed by atoms with Crippen LogP contribution < -0.4 is 5.32 Å². The van der Waals surface area contributed by atoms with Gasteiger partial charge in [0.1, 0.15) is 6.33 Å². The zero-order valence-electron chi connectivity index (χ0n) is 14.8. The van der Waals surface area contributed by atoms with Crippen molar-refractivity contribution in [1.82, 2.24) is 9.97 Å². The Labute approximate surface area is 157 Å². The van der Waals surface area contributed by atoms with Gasteiger partial charge in [0.15, 0.2) is 5.82 Å². The molecule has 4 saturated carbocycles. The number of para-hydroxylation sites is 1. The number of nitrogens with zero attached hydrogens (tertiary/aromatic N) is 2. The van der Waals surface area contributed by atoms with Gasteiger partial charge >= 0.3 is 0 Å². The lowest BCUT2D eigenvalue weighted by atomic mass is 9.49. The van der Waals surface area contributed by atoms with E-state index >= 15 is 0 Å². The standard InChI is InChI=1S/C22H23N3S/c1-2-4-17(5-3-1)25-21-20-18(23-13-24-21)9-19(26-20)22-10-14-6-15(11-22)8-16(7-14)12-22/h1-5,9,13-16H,6-8,10-12H2,(H,23,24,25). The second-order valence-electron chi connectivity index (χ2n) is 8.74. The molecule has 4 aliphatic rings. The number of anilines is 2. The third-order valence-electron chi connectivity index (χ3n) is 6.91. The Balaban J connectivity index is 1.41. The lowest BCUT2D eigenvalue weighted by Crippen LogP contribution is -2.48. The smallest absolute Gasteiger partial charge is 0.151 e. The van der Waals surface area contributed by atoms with Crippen molar-refractivity contribution in [3.63, 3.8) is 0 Å². The molecule has 1 N–H and O–H groups in total. The largest absolute Gasteiger partial charge is 0.339 e. The van der Waals surface area contributed by atoms with Gasteiger partial charge < -0.3 is 5.32 Å². The van der Waals surface area contributed by atoms with E-state index < -0.39 is 0 Å². The molecule has 1 aromatic carbocycles. The SMILES string of the molecule is c1ccc(Nc2ncnc3cc(C45CC6CC(CC(C6)C4)C5)sc23)cc1. The van der Waals surface area contributed by atoms with Crippen molar-refractivity contribution in [2.75, 3.05) is 5.32 Å². The number of fused-ring (bicyclic) bond motifs is 1. The van der Waals surface area contributed by atoms with E-state index in [9.17, 15) is 0 Å². The van der Waals surface area contributed by atoms with Crippen LogP contribution in [0.15, 0.2) is 42.7 Å². The summed E-state index contributed by atoms with van der Waals surface area (Å²) in [4.78, 5) is 10.7. The predicted molar refractivity (Wildman–Crippen MR) is 107 cm³/mol. The van der Waals surface area contributed by atoms with Crippen LogP contribution in [0.5, 0.6) is 0 Å². The molecule has 4 bridgehead atoms. The molecule has 7 rings (SSSR count). The first-order valence-electron chi connectivity index (χ1n) is 9.84. The van der Waals surface area contributed by atoms with Crippen LogP contribution in [-0.4, -0.2) is 9.97 Å². The fraction of sp³-hybridized carbons (Fsp3) is 0.455. The lowest BCUT2D eigenvalue weighted by molar-refractivity contribution is -0.00343. The first-order valence-corrected chi connectivity index (χ1v) is 10.7. The molecule has 26 heavy (non-hydrogen) atoms. The second-order valence-corrected chi connectivity index (χ2v) is 9.79. The number of hydrogen-bond donors (Lipinski definition) is 1. The van der Waals surface area contributed by atoms with Crippen LogP contribution in [0, 0.1) is 17.8 Å². The van der Waals surface area contributed by atoms with Gasteiger partial charge in [-0.15, -0.1) is 11.3 Å².